The van der Waals surface area contributed by atoms with Gasteiger partial charge in [0.1, 0.15) is 5.75 Å². The quantitative estimate of drug-likeness (QED) is 0.753. The van der Waals surface area contributed by atoms with Gasteiger partial charge >= 0.3 is 0 Å². The van der Waals surface area contributed by atoms with Crippen LogP contribution in [0.4, 0.5) is 0 Å². The van der Waals surface area contributed by atoms with Crippen LogP contribution in [0.15, 0.2) is 12.1 Å². The largest absolute Gasteiger partial charge is 0.508 e. The zero-order valence-electron chi connectivity index (χ0n) is 9.33. The second-order valence-corrected chi connectivity index (χ2v) is 4.60. The number of aromatic hydroxyl groups is 1. The number of hydrogen-bond donors (Lipinski definition) is 2. The molecule has 1 aromatic carbocycles. The minimum absolute atomic E-state index is 0.0136. The van der Waals surface area contributed by atoms with Gasteiger partial charge < -0.3 is 15.2 Å². The van der Waals surface area contributed by atoms with Crippen LogP contribution in [0.2, 0.25) is 0 Å². The molecule has 1 unspecified atom stereocenters. The summed E-state index contributed by atoms with van der Waals surface area (Å²) >= 11 is 0. The van der Waals surface area contributed by atoms with E-state index in [-0.39, 0.29) is 6.10 Å². The molecule has 0 bridgehead atoms. The monoisotopic (exact) mass is 219 g/mol. The number of rotatable bonds is 1. The number of ether oxygens (including phenoxy) is 1. The maximum Gasteiger partial charge on any atom is 0.121 e. The average Bonchev–Trinajstić information content (AvgIpc) is 2.76. The molecule has 1 aliphatic heterocycles. The molecule has 0 spiro atoms. The molecular weight excluding hydrogens is 202 g/mol. The first kappa shape index (κ1) is 10.1. The summed E-state index contributed by atoms with van der Waals surface area (Å²) < 4.78 is 5.68. The second-order valence-electron chi connectivity index (χ2n) is 4.60. The predicted octanol–water partition coefficient (Wildman–Crippen LogP) is 1.54. The molecule has 2 N–H and O–H groups in total. The summed E-state index contributed by atoms with van der Waals surface area (Å²) in [5, 5.41) is 13.3. The van der Waals surface area contributed by atoms with E-state index in [1.807, 2.05) is 6.07 Å². The number of phenolic OH excluding ortho intramolecular Hbond substituents is 1. The predicted molar refractivity (Wildman–Crippen MR) is 61.7 cm³/mol. The van der Waals surface area contributed by atoms with Gasteiger partial charge in [-0.25, -0.2) is 0 Å². The number of hydrogen-bond acceptors (Lipinski definition) is 3. The van der Waals surface area contributed by atoms with Gasteiger partial charge in [0.05, 0.1) is 12.7 Å². The Hall–Kier alpha value is -1.06. The van der Waals surface area contributed by atoms with E-state index in [9.17, 15) is 5.11 Å². The van der Waals surface area contributed by atoms with Crippen LogP contribution in [0, 0.1) is 0 Å². The molecule has 0 amide bonds. The molecule has 3 rings (SSSR count). The van der Waals surface area contributed by atoms with Crippen LogP contribution in [0.1, 0.15) is 29.2 Å². The van der Waals surface area contributed by atoms with Gasteiger partial charge in [-0.2, -0.15) is 0 Å². The lowest BCUT2D eigenvalue weighted by atomic mass is 10.0. The summed E-state index contributed by atoms with van der Waals surface area (Å²) in [6, 6.07) is 4.06. The molecule has 2 aliphatic rings. The van der Waals surface area contributed by atoms with Crippen molar-refractivity contribution in [3.8, 4) is 5.75 Å². The van der Waals surface area contributed by atoms with Crippen LogP contribution in [-0.2, 0) is 17.6 Å². The van der Waals surface area contributed by atoms with E-state index < -0.39 is 0 Å². The minimum Gasteiger partial charge on any atom is -0.508 e. The molecule has 1 aromatic rings. The number of benzene rings is 1. The molecule has 1 atom stereocenters. The van der Waals surface area contributed by atoms with Gasteiger partial charge in [-0.1, -0.05) is 0 Å². The lowest BCUT2D eigenvalue weighted by Gasteiger charge is -2.25. The third kappa shape index (κ3) is 1.70. The molecule has 0 aromatic heterocycles. The molecular formula is C13H17NO2. The fourth-order valence-electron chi connectivity index (χ4n) is 2.65. The van der Waals surface area contributed by atoms with E-state index in [1.165, 1.54) is 17.5 Å². The molecule has 3 heteroatoms. The first-order valence-electron chi connectivity index (χ1n) is 6.01. The molecule has 1 saturated heterocycles. The summed E-state index contributed by atoms with van der Waals surface area (Å²) in [6.07, 6.45) is 3.47. The Labute approximate surface area is 95.4 Å². The second kappa shape index (κ2) is 4.07. The third-order valence-corrected chi connectivity index (χ3v) is 3.52. The summed E-state index contributed by atoms with van der Waals surface area (Å²) in [7, 11) is 0. The van der Waals surface area contributed by atoms with E-state index in [2.05, 4.69) is 11.4 Å². The average molecular weight is 219 g/mol. The van der Waals surface area contributed by atoms with Crippen LogP contribution in [0.5, 0.6) is 5.75 Å². The lowest BCUT2D eigenvalue weighted by Crippen LogP contribution is -2.33. The minimum atomic E-state index is 0.0136. The molecule has 0 radical (unpaired) electrons. The van der Waals surface area contributed by atoms with Crippen molar-refractivity contribution in [3.05, 3.63) is 28.8 Å². The summed E-state index contributed by atoms with van der Waals surface area (Å²) in [4.78, 5) is 0. The highest BCUT2D eigenvalue weighted by molar-refractivity contribution is 5.45. The standard InChI is InChI=1S/C13H17NO2/c15-12-7-10-3-1-2-9(10)6-11(12)13-8-14-4-5-16-13/h6-7,13-15H,1-5,8H2. The Kier molecular flexibility index (Phi) is 2.58. The highest BCUT2D eigenvalue weighted by Gasteiger charge is 2.22. The van der Waals surface area contributed by atoms with Crippen LogP contribution in [0.3, 0.4) is 0 Å². The Morgan fingerprint density at radius 3 is 2.81 bits per heavy atom. The van der Waals surface area contributed by atoms with Crippen molar-refractivity contribution in [1.82, 2.24) is 5.32 Å². The van der Waals surface area contributed by atoms with Crippen LogP contribution in [0.25, 0.3) is 0 Å². The van der Waals surface area contributed by atoms with Crippen molar-refractivity contribution in [2.45, 2.75) is 25.4 Å². The number of nitrogens with one attached hydrogen (secondary N) is 1. The Balaban J connectivity index is 1.94. The normalized spacial score (nSPS) is 24.4. The fraction of sp³-hybridized carbons (Fsp3) is 0.538. The first-order chi connectivity index (χ1) is 7.84. The van der Waals surface area contributed by atoms with E-state index >= 15 is 0 Å². The maximum absolute atomic E-state index is 10.0. The highest BCUT2D eigenvalue weighted by atomic mass is 16.5. The molecule has 0 saturated carbocycles. The smallest absolute Gasteiger partial charge is 0.121 e. The van der Waals surface area contributed by atoms with Gasteiger partial charge in [-0.05, 0) is 42.5 Å². The Bertz CT molecular complexity index is 397. The molecule has 1 heterocycles. The van der Waals surface area contributed by atoms with E-state index in [0.717, 1.165) is 38.1 Å². The lowest BCUT2D eigenvalue weighted by molar-refractivity contribution is 0.0263. The molecule has 1 aliphatic carbocycles. The van der Waals surface area contributed by atoms with Crippen molar-refractivity contribution >= 4 is 0 Å². The van der Waals surface area contributed by atoms with Crippen LogP contribution < -0.4 is 5.32 Å². The van der Waals surface area contributed by atoms with Gasteiger partial charge in [0.15, 0.2) is 0 Å². The Morgan fingerprint density at radius 1 is 1.25 bits per heavy atom. The van der Waals surface area contributed by atoms with Gasteiger partial charge in [0, 0.05) is 18.7 Å². The van der Waals surface area contributed by atoms with Gasteiger partial charge in [0.25, 0.3) is 0 Å². The van der Waals surface area contributed by atoms with E-state index in [0.29, 0.717) is 5.75 Å². The van der Waals surface area contributed by atoms with Crippen LogP contribution >= 0.6 is 0 Å². The number of fused-ring (bicyclic) bond motifs is 1. The number of morpholine rings is 1. The van der Waals surface area contributed by atoms with Crippen molar-refractivity contribution in [3.63, 3.8) is 0 Å². The van der Waals surface area contributed by atoms with Gasteiger partial charge in [0.2, 0.25) is 0 Å². The first-order valence-corrected chi connectivity index (χ1v) is 6.01. The Morgan fingerprint density at radius 2 is 2.06 bits per heavy atom. The summed E-state index contributed by atoms with van der Waals surface area (Å²) in [6.45, 7) is 2.43. The maximum atomic E-state index is 10.0. The van der Waals surface area contributed by atoms with E-state index in [4.69, 9.17) is 4.74 Å². The van der Waals surface area contributed by atoms with E-state index in [1.54, 1.807) is 0 Å². The molecule has 16 heavy (non-hydrogen) atoms. The zero-order chi connectivity index (χ0) is 11.0. The SMILES string of the molecule is Oc1cc2c(cc1C1CNCCO1)CCC2. The zero-order valence-corrected chi connectivity index (χ0v) is 9.33. The summed E-state index contributed by atoms with van der Waals surface area (Å²) in [5.74, 6) is 0.398. The summed E-state index contributed by atoms with van der Waals surface area (Å²) in [5.41, 5.74) is 3.65. The number of aryl methyl sites for hydroxylation is 2. The molecule has 86 valence electrons. The molecule has 1 fully saturated rings. The van der Waals surface area contributed by atoms with Gasteiger partial charge in [-0.3, -0.25) is 0 Å². The number of phenols is 1. The van der Waals surface area contributed by atoms with Crippen molar-refractivity contribution in [1.29, 1.82) is 0 Å². The van der Waals surface area contributed by atoms with Crippen molar-refractivity contribution in [2.24, 2.45) is 0 Å². The van der Waals surface area contributed by atoms with Crippen molar-refractivity contribution < 1.29 is 9.84 Å². The molecule has 3 nitrogen and oxygen atoms in total. The van der Waals surface area contributed by atoms with Gasteiger partial charge in [-0.15, -0.1) is 0 Å². The van der Waals surface area contributed by atoms with Crippen molar-refractivity contribution in [2.75, 3.05) is 19.7 Å². The third-order valence-electron chi connectivity index (χ3n) is 3.52. The highest BCUT2D eigenvalue weighted by Crippen LogP contribution is 2.34. The van der Waals surface area contributed by atoms with Crippen LogP contribution in [-0.4, -0.2) is 24.8 Å². The fourth-order valence-corrected chi connectivity index (χ4v) is 2.65. The topological polar surface area (TPSA) is 41.5 Å².